The normalized spacial score (nSPS) is 12.2. The number of benzene rings is 10. The van der Waals surface area contributed by atoms with Crippen LogP contribution in [0.15, 0.2) is 226 Å². The highest BCUT2D eigenvalue weighted by Crippen LogP contribution is 2.45. The number of oxazole rings is 1. The Morgan fingerprint density at radius 1 is 0.313 bits per heavy atom. The predicted octanol–water partition coefficient (Wildman–Crippen LogP) is 16.8. The molecule has 5 heterocycles. The van der Waals surface area contributed by atoms with E-state index in [9.17, 15) is 0 Å². The van der Waals surface area contributed by atoms with E-state index in [2.05, 4.69) is 161 Å². The molecule has 15 aromatic rings. The van der Waals surface area contributed by atoms with Gasteiger partial charge in [0.05, 0.1) is 27.8 Å². The van der Waals surface area contributed by atoms with Gasteiger partial charge in [0.15, 0.2) is 5.58 Å². The standard InChI is InChI=1S/C61H35N3O3/c1-2-14-36(15-3-1)61-62-51-23-13-21-42(60(51)67-61)38-32-37(41-20-12-22-50-46-19-7-11-27-55(46)66-59(41)50)33-40(34-38)64-53-25-9-5-17-44(53)49-31-30-48-43-16-4-8-24-52(43)63(57(48)58(49)64)39-28-29-47-45-18-6-10-26-54(45)65-56(47)35-39/h1-35H. The third-order valence-corrected chi connectivity index (χ3v) is 13.7. The molecule has 0 saturated heterocycles. The van der Waals surface area contributed by atoms with E-state index >= 15 is 0 Å². The van der Waals surface area contributed by atoms with E-state index in [0.717, 1.165) is 122 Å². The third-order valence-electron chi connectivity index (χ3n) is 13.7. The quantitative estimate of drug-likeness (QED) is 0.173. The average Bonchev–Trinajstić information content (AvgIpc) is 4.21. The summed E-state index contributed by atoms with van der Waals surface area (Å²) in [5.41, 5.74) is 16.3. The summed E-state index contributed by atoms with van der Waals surface area (Å²) in [6.07, 6.45) is 0. The molecule has 0 aliphatic heterocycles. The van der Waals surface area contributed by atoms with Gasteiger partial charge < -0.3 is 22.4 Å². The van der Waals surface area contributed by atoms with E-state index in [1.54, 1.807) is 0 Å². The molecule has 15 rings (SSSR count). The van der Waals surface area contributed by atoms with Gasteiger partial charge in [0.2, 0.25) is 5.89 Å². The number of hydrogen-bond acceptors (Lipinski definition) is 4. The molecule has 0 amide bonds. The van der Waals surface area contributed by atoms with Gasteiger partial charge in [-0.15, -0.1) is 0 Å². The predicted molar refractivity (Wildman–Crippen MR) is 274 cm³/mol. The minimum absolute atomic E-state index is 0.588. The van der Waals surface area contributed by atoms with Gasteiger partial charge in [0, 0.05) is 71.5 Å². The molecule has 0 spiro atoms. The Morgan fingerprint density at radius 3 is 1.57 bits per heavy atom. The van der Waals surface area contributed by atoms with Crippen LogP contribution in [0.5, 0.6) is 0 Å². The lowest BCUT2D eigenvalue weighted by Gasteiger charge is -2.16. The van der Waals surface area contributed by atoms with Crippen molar-refractivity contribution >= 4 is 98.6 Å². The van der Waals surface area contributed by atoms with Crippen molar-refractivity contribution in [3.05, 3.63) is 212 Å². The number of nitrogens with zero attached hydrogens (tertiary/aromatic N) is 3. The van der Waals surface area contributed by atoms with E-state index in [1.807, 2.05) is 60.7 Å². The molecule has 312 valence electrons. The first-order valence-electron chi connectivity index (χ1n) is 22.6. The summed E-state index contributed by atoms with van der Waals surface area (Å²) in [7, 11) is 0. The van der Waals surface area contributed by atoms with Crippen molar-refractivity contribution < 1.29 is 13.3 Å². The van der Waals surface area contributed by atoms with Crippen molar-refractivity contribution in [3.63, 3.8) is 0 Å². The highest BCUT2D eigenvalue weighted by molar-refractivity contribution is 6.24. The van der Waals surface area contributed by atoms with Gasteiger partial charge >= 0.3 is 0 Å². The fraction of sp³-hybridized carbons (Fsp3) is 0. The monoisotopic (exact) mass is 857 g/mol. The molecular weight excluding hydrogens is 823 g/mol. The van der Waals surface area contributed by atoms with Gasteiger partial charge in [-0.3, -0.25) is 0 Å². The summed E-state index contributed by atoms with van der Waals surface area (Å²) in [6.45, 7) is 0. The Balaban J connectivity index is 1.06. The minimum Gasteiger partial charge on any atom is -0.456 e. The van der Waals surface area contributed by atoms with Gasteiger partial charge in [0.1, 0.15) is 27.8 Å². The first-order valence-corrected chi connectivity index (χ1v) is 22.6. The average molecular weight is 858 g/mol. The summed E-state index contributed by atoms with van der Waals surface area (Å²) < 4.78 is 24.9. The van der Waals surface area contributed by atoms with Crippen molar-refractivity contribution in [3.8, 4) is 45.1 Å². The molecule has 6 nitrogen and oxygen atoms in total. The summed E-state index contributed by atoms with van der Waals surface area (Å²) in [5.74, 6) is 0.588. The highest BCUT2D eigenvalue weighted by atomic mass is 16.3. The van der Waals surface area contributed by atoms with Crippen LogP contribution < -0.4 is 0 Å². The second-order valence-corrected chi connectivity index (χ2v) is 17.4. The van der Waals surface area contributed by atoms with Crippen LogP contribution in [-0.4, -0.2) is 14.1 Å². The minimum atomic E-state index is 0.588. The van der Waals surface area contributed by atoms with Crippen LogP contribution in [0.1, 0.15) is 0 Å². The summed E-state index contributed by atoms with van der Waals surface area (Å²) >= 11 is 0. The van der Waals surface area contributed by atoms with Crippen LogP contribution in [0.3, 0.4) is 0 Å². The van der Waals surface area contributed by atoms with Crippen molar-refractivity contribution in [1.82, 2.24) is 14.1 Å². The maximum Gasteiger partial charge on any atom is 0.227 e. The Hall–Kier alpha value is -9.13. The fourth-order valence-corrected chi connectivity index (χ4v) is 10.8. The lowest BCUT2D eigenvalue weighted by Crippen LogP contribution is -1.99. The van der Waals surface area contributed by atoms with Crippen LogP contribution in [0.4, 0.5) is 0 Å². The van der Waals surface area contributed by atoms with Crippen LogP contribution >= 0.6 is 0 Å². The van der Waals surface area contributed by atoms with E-state index < -0.39 is 0 Å². The van der Waals surface area contributed by atoms with E-state index in [-0.39, 0.29) is 0 Å². The zero-order chi connectivity index (χ0) is 43.7. The molecule has 67 heavy (non-hydrogen) atoms. The summed E-state index contributed by atoms with van der Waals surface area (Å²) in [5, 5.41) is 9.05. The van der Waals surface area contributed by atoms with E-state index in [1.165, 1.54) is 16.2 Å². The van der Waals surface area contributed by atoms with Gasteiger partial charge in [-0.2, -0.15) is 0 Å². The maximum absolute atomic E-state index is 6.74. The number of hydrogen-bond donors (Lipinski definition) is 0. The van der Waals surface area contributed by atoms with Crippen LogP contribution in [0.2, 0.25) is 0 Å². The molecule has 0 radical (unpaired) electrons. The first kappa shape index (κ1) is 36.2. The maximum atomic E-state index is 6.74. The summed E-state index contributed by atoms with van der Waals surface area (Å²) in [4.78, 5) is 5.00. The first-order chi connectivity index (χ1) is 33.2. The lowest BCUT2D eigenvalue weighted by molar-refractivity contribution is 0.621. The highest BCUT2D eigenvalue weighted by Gasteiger charge is 2.24. The van der Waals surface area contributed by atoms with Crippen molar-refractivity contribution in [1.29, 1.82) is 0 Å². The van der Waals surface area contributed by atoms with Crippen LogP contribution in [0.25, 0.3) is 144 Å². The molecule has 0 saturated carbocycles. The Morgan fingerprint density at radius 2 is 0.851 bits per heavy atom. The van der Waals surface area contributed by atoms with E-state index in [4.69, 9.17) is 18.2 Å². The molecule has 0 N–H and O–H groups in total. The molecule has 0 atom stereocenters. The van der Waals surface area contributed by atoms with Gasteiger partial charge in [-0.25, -0.2) is 4.98 Å². The number of furan rings is 2. The zero-order valence-electron chi connectivity index (χ0n) is 35.8. The van der Waals surface area contributed by atoms with Crippen LogP contribution in [0, 0.1) is 0 Å². The van der Waals surface area contributed by atoms with Crippen molar-refractivity contribution in [2.24, 2.45) is 0 Å². The topological polar surface area (TPSA) is 62.2 Å². The smallest absolute Gasteiger partial charge is 0.227 e. The van der Waals surface area contributed by atoms with Crippen LogP contribution in [-0.2, 0) is 0 Å². The second kappa shape index (κ2) is 13.7. The fourth-order valence-electron chi connectivity index (χ4n) is 10.8. The Bertz CT molecular complexity index is 4520. The third kappa shape index (κ3) is 5.23. The molecule has 5 aromatic heterocycles. The Labute approximate surface area is 381 Å². The molecule has 0 bridgehead atoms. The van der Waals surface area contributed by atoms with E-state index in [0.29, 0.717) is 5.89 Å². The molecule has 0 fully saturated rings. The molecule has 6 heteroatoms. The second-order valence-electron chi connectivity index (χ2n) is 17.4. The molecule has 0 aliphatic carbocycles. The van der Waals surface area contributed by atoms with Crippen molar-refractivity contribution in [2.75, 3.05) is 0 Å². The molecular formula is C61H35N3O3. The van der Waals surface area contributed by atoms with Gasteiger partial charge in [0.25, 0.3) is 0 Å². The van der Waals surface area contributed by atoms with Gasteiger partial charge in [-0.05, 0) is 83.9 Å². The SMILES string of the molecule is c1ccc(-c2nc3cccc(-c4cc(-c5cccc6c5oc5ccccc56)cc(-n5c6ccccc6c6ccc7c8ccccc8n(-c8ccc9c(c8)oc8ccccc89)c7c65)c4)c3o2)cc1. The number of para-hydroxylation sites is 6. The molecule has 10 aromatic carbocycles. The Kier molecular flexibility index (Phi) is 7.40. The molecule has 0 unspecified atom stereocenters. The lowest BCUT2D eigenvalue weighted by atomic mass is 9.96. The zero-order valence-corrected chi connectivity index (χ0v) is 35.8. The summed E-state index contributed by atoms with van der Waals surface area (Å²) in [6, 6.07) is 75.0. The molecule has 0 aliphatic rings. The number of fused-ring (bicyclic) bond motifs is 14. The van der Waals surface area contributed by atoms with Gasteiger partial charge in [-0.1, -0.05) is 133 Å². The van der Waals surface area contributed by atoms with Crippen molar-refractivity contribution in [2.45, 2.75) is 0 Å². The number of aromatic nitrogens is 3. The number of rotatable bonds is 5. The largest absolute Gasteiger partial charge is 0.456 e.